The van der Waals surface area contributed by atoms with Gasteiger partial charge in [0.15, 0.2) is 0 Å². The van der Waals surface area contributed by atoms with Crippen LogP contribution in [-0.4, -0.2) is 21.0 Å². The molecule has 94 valence electrons. The standard InChI is InChI=1S/C14H9FN2O2/c15-9-5-2-1-4-8(9)11-12-10(6-3-7-16-12)17-13(11)14(18)19/h1-7,17H,(H,18,19). The van der Waals surface area contributed by atoms with E-state index < -0.39 is 11.8 Å². The zero-order valence-corrected chi connectivity index (χ0v) is 9.72. The molecule has 0 unspecified atom stereocenters. The summed E-state index contributed by atoms with van der Waals surface area (Å²) >= 11 is 0. The highest BCUT2D eigenvalue weighted by Crippen LogP contribution is 2.32. The molecule has 5 heteroatoms. The lowest BCUT2D eigenvalue weighted by molar-refractivity contribution is 0.0692. The van der Waals surface area contributed by atoms with E-state index in [1.165, 1.54) is 6.07 Å². The number of carbonyl (C=O) groups is 1. The Balaban J connectivity index is 2.42. The van der Waals surface area contributed by atoms with Crippen molar-refractivity contribution in [2.75, 3.05) is 0 Å². The summed E-state index contributed by atoms with van der Waals surface area (Å²) in [7, 11) is 0. The van der Waals surface area contributed by atoms with Gasteiger partial charge < -0.3 is 10.1 Å². The van der Waals surface area contributed by atoms with Crippen molar-refractivity contribution in [3.05, 3.63) is 54.1 Å². The second kappa shape index (κ2) is 4.20. The number of nitrogens with one attached hydrogen (secondary N) is 1. The predicted molar refractivity (Wildman–Crippen MR) is 68.4 cm³/mol. The Hall–Kier alpha value is -2.69. The van der Waals surface area contributed by atoms with Crippen LogP contribution in [0.3, 0.4) is 0 Å². The van der Waals surface area contributed by atoms with Gasteiger partial charge in [0.05, 0.1) is 11.0 Å². The van der Waals surface area contributed by atoms with Gasteiger partial charge in [0.25, 0.3) is 0 Å². The minimum atomic E-state index is -1.14. The van der Waals surface area contributed by atoms with Gasteiger partial charge in [-0.05, 0) is 18.2 Å². The first-order chi connectivity index (χ1) is 9.18. The zero-order valence-electron chi connectivity index (χ0n) is 9.72. The first kappa shape index (κ1) is 11.4. The Morgan fingerprint density at radius 3 is 2.74 bits per heavy atom. The molecule has 0 bridgehead atoms. The van der Waals surface area contributed by atoms with Crippen molar-refractivity contribution < 1.29 is 14.3 Å². The van der Waals surface area contributed by atoms with Crippen LogP contribution >= 0.6 is 0 Å². The number of hydrogen-bond acceptors (Lipinski definition) is 2. The van der Waals surface area contributed by atoms with E-state index in [0.717, 1.165) is 0 Å². The molecule has 3 aromatic rings. The van der Waals surface area contributed by atoms with Crippen LogP contribution in [0, 0.1) is 5.82 Å². The third kappa shape index (κ3) is 1.76. The number of carboxylic acid groups (broad SMARTS) is 1. The summed E-state index contributed by atoms with van der Waals surface area (Å²) in [6, 6.07) is 9.45. The number of carboxylic acids is 1. The van der Waals surface area contributed by atoms with Crippen LogP contribution in [0.1, 0.15) is 10.5 Å². The Bertz CT molecular complexity index is 780. The van der Waals surface area contributed by atoms with Gasteiger partial charge in [-0.3, -0.25) is 4.98 Å². The van der Waals surface area contributed by atoms with Gasteiger partial charge in [-0.2, -0.15) is 0 Å². The third-order valence-electron chi connectivity index (χ3n) is 2.91. The molecule has 2 N–H and O–H groups in total. The number of aromatic amines is 1. The molecule has 2 heterocycles. The lowest BCUT2D eigenvalue weighted by atomic mass is 10.0. The summed E-state index contributed by atoms with van der Waals surface area (Å²) in [5.41, 5.74) is 1.47. The van der Waals surface area contributed by atoms with Crippen LogP contribution in [0.5, 0.6) is 0 Å². The summed E-state index contributed by atoms with van der Waals surface area (Å²) in [6.45, 7) is 0. The van der Waals surface area contributed by atoms with E-state index in [1.54, 1.807) is 36.5 Å². The van der Waals surface area contributed by atoms with Crippen molar-refractivity contribution in [2.24, 2.45) is 0 Å². The molecule has 0 aliphatic heterocycles. The highest BCUT2D eigenvalue weighted by Gasteiger charge is 2.21. The topological polar surface area (TPSA) is 66.0 Å². The first-order valence-corrected chi connectivity index (χ1v) is 5.63. The highest BCUT2D eigenvalue weighted by atomic mass is 19.1. The highest BCUT2D eigenvalue weighted by molar-refractivity contribution is 6.05. The van der Waals surface area contributed by atoms with Crippen molar-refractivity contribution in [1.29, 1.82) is 0 Å². The lowest BCUT2D eigenvalue weighted by Gasteiger charge is -2.02. The van der Waals surface area contributed by atoms with E-state index in [-0.39, 0.29) is 16.8 Å². The number of H-pyrrole nitrogens is 1. The maximum Gasteiger partial charge on any atom is 0.353 e. The van der Waals surface area contributed by atoms with E-state index in [9.17, 15) is 14.3 Å². The summed E-state index contributed by atoms with van der Waals surface area (Å²) in [5.74, 6) is -1.62. The fourth-order valence-corrected chi connectivity index (χ4v) is 2.11. The van der Waals surface area contributed by atoms with E-state index in [4.69, 9.17) is 0 Å². The molecule has 0 aliphatic rings. The number of aromatic carboxylic acids is 1. The fraction of sp³-hybridized carbons (Fsp3) is 0. The summed E-state index contributed by atoms with van der Waals surface area (Å²) in [4.78, 5) is 18.2. The van der Waals surface area contributed by atoms with Crippen LogP contribution in [0.15, 0.2) is 42.6 Å². The number of aromatic nitrogens is 2. The molecule has 1 aromatic carbocycles. The number of pyridine rings is 1. The first-order valence-electron chi connectivity index (χ1n) is 5.63. The summed E-state index contributed by atoms with van der Waals surface area (Å²) in [5, 5.41) is 9.24. The summed E-state index contributed by atoms with van der Waals surface area (Å²) < 4.78 is 13.9. The van der Waals surface area contributed by atoms with Gasteiger partial charge in [-0.15, -0.1) is 0 Å². The van der Waals surface area contributed by atoms with Gasteiger partial charge in [-0.25, -0.2) is 9.18 Å². The van der Waals surface area contributed by atoms with Gasteiger partial charge in [0, 0.05) is 17.3 Å². The van der Waals surface area contributed by atoms with Crippen LogP contribution in [0.2, 0.25) is 0 Å². The molecule has 3 rings (SSSR count). The maximum absolute atomic E-state index is 13.9. The number of hydrogen-bond donors (Lipinski definition) is 2. The summed E-state index contributed by atoms with van der Waals surface area (Å²) in [6.07, 6.45) is 1.55. The molecule has 19 heavy (non-hydrogen) atoms. The lowest BCUT2D eigenvalue weighted by Crippen LogP contribution is -1.99. The van der Waals surface area contributed by atoms with Crippen LogP contribution < -0.4 is 0 Å². The second-order valence-corrected chi connectivity index (χ2v) is 4.06. The van der Waals surface area contributed by atoms with E-state index in [0.29, 0.717) is 11.0 Å². The van der Waals surface area contributed by atoms with Gasteiger partial charge in [0.2, 0.25) is 0 Å². The van der Waals surface area contributed by atoms with Gasteiger partial charge in [-0.1, -0.05) is 18.2 Å². The number of halogens is 1. The predicted octanol–water partition coefficient (Wildman–Crippen LogP) is 3.07. The molecule has 0 atom stereocenters. The van der Waals surface area contributed by atoms with Crippen molar-refractivity contribution in [2.45, 2.75) is 0 Å². The molecular formula is C14H9FN2O2. The van der Waals surface area contributed by atoms with Gasteiger partial charge in [0.1, 0.15) is 11.5 Å². The number of benzene rings is 1. The molecular weight excluding hydrogens is 247 g/mol. The largest absolute Gasteiger partial charge is 0.477 e. The molecule has 4 nitrogen and oxygen atoms in total. The number of fused-ring (bicyclic) bond motifs is 1. The normalized spacial score (nSPS) is 10.8. The van der Waals surface area contributed by atoms with Crippen LogP contribution in [0.4, 0.5) is 4.39 Å². The smallest absolute Gasteiger partial charge is 0.353 e. The van der Waals surface area contributed by atoms with E-state index in [1.807, 2.05) is 0 Å². The SMILES string of the molecule is O=C(O)c1[nH]c2cccnc2c1-c1ccccc1F. The fourth-order valence-electron chi connectivity index (χ4n) is 2.11. The molecule has 0 saturated heterocycles. The van der Waals surface area contributed by atoms with E-state index >= 15 is 0 Å². The molecule has 0 spiro atoms. The number of nitrogens with zero attached hydrogens (tertiary/aromatic N) is 1. The average Bonchev–Trinajstić information content (AvgIpc) is 2.79. The van der Waals surface area contributed by atoms with Crippen molar-refractivity contribution in [3.63, 3.8) is 0 Å². The minimum absolute atomic E-state index is 0.0567. The maximum atomic E-state index is 13.9. The quantitative estimate of drug-likeness (QED) is 0.740. The van der Waals surface area contributed by atoms with Crippen molar-refractivity contribution >= 4 is 17.0 Å². The Morgan fingerprint density at radius 1 is 1.21 bits per heavy atom. The average molecular weight is 256 g/mol. The molecule has 0 fully saturated rings. The van der Waals surface area contributed by atoms with Crippen LogP contribution in [-0.2, 0) is 0 Å². The Morgan fingerprint density at radius 2 is 2.00 bits per heavy atom. The molecule has 0 saturated carbocycles. The van der Waals surface area contributed by atoms with Gasteiger partial charge >= 0.3 is 5.97 Å². The van der Waals surface area contributed by atoms with E-state index in [2.05, 4.69) is 9.97 Å². The Labute approximate surface area is 107 Å². The Kier molecular flexibility index (Phi) is 2.52. The molecule has 0 aliphatic carbocycles. The van der Waals surface area contributed by atoms with Crippen LogP contribution in [0.25, 0.3) is 22.2 Å². The monoisotopic (exact) mass is 256 g/mol. The minimum Gasteiger partial charge on any atom is -0.477 e. The van der Waals surface area contributed by atoms with Crippen molar-refractivity contribution in [1.82, 2.24) is 9.97 Å². The molecule has 2 aromatic heterocycles. The third-order valence-corrected chi connectivity index (χ3v) is 2.91. The second-order valence-electron chi connectivity index (χ2n) is 4.06. The molecule has 0 amide bonds. The van der Waals surface area contributed by atoms with Crippen molar-refractivity contribution in [3.8, 4) is 11.1 Å². The molecule has 0 radical (unpaired) electrons. The number of rotatable bonds is 2. The zero-order chi connectivity index (χ0) is 13.4.